The normalized spacial score (nSPS) is 36.6. The fourth-order valence-electron chi connectivity index (χ4n) is 3.02. The number of nitrogens with one attached hydrogen (secondary N) is 1. The van der Waals surface area contributed by atoms with Crippen molar-refractivity contribution in [2.45, 2.75) is 44.8 Å². The van der Waals surface area contributed by atoms with Crippen LogP contribution in [0.4, 0.5) is 0 Å². The number of ether oxygens (including phenoxy) is 1. The van der Waals surface area contributed by atoms with Gasteiger partial charge in [-0.3, -0.25) is 0 Å². The zero-order valence-corrected chi connectivity index (χ0v) is 10.7. The second-order valence-corrected chi connectivity index (χ2v) is 5.83. The minimum Gasteiger partial charge on any atom is -0.371 e. The summed E-state index contributed by atoms with van der Waals surface area (Å²) in [7, 11) is 0. The van der Waals surface area contributed by atoms with Crippen molar-refractivity contribution >= 4 is 11.8 Å². The highest BCUT2D eigenvalue weighted by Gasteiger charge is 2.46. The lowest BCUT2D eigenvalue weighted by molar-refractivity contribution is -0.0936. The molecule has 2 fully saturated rings. The molecule has 2 aliphatic heterocycles. The Balaban J connectivity index is 2.11. The van der Waals surface area contributed by atoms with E-state index in [9.17, 15) is 0 Å². The molecule has 2 unspecified atom stereocenters. The van der Waals surface area contributed by atoms with Gasteiger partial charge in [-0.15, -0.1) is 0 Å². The Morgan fingerprint density at radius 3 is 2.87 bits per heavy atom. The molecule has 0 amide bonds. The monoisotopic (exact) mass is 229 g/mol. The zero-order valence-electron chi connectivity index (χ0n) is 9.92. The average molecular weight is 229 g/mol. The molecule has 0 aromatic rings. The van der Waals surface area contributed by atoms with Gasteiger partial charge in [0.1, 0.15) is 0 Å². The van der Waals surface area contributed by atoms with E-state index in [0.717, 1.165) is 19.1 Å². The highest BCUT2D eigenvalue weighted by atomic mass is 32.2. The van der Waals surface area contributed by atoms with Gasteiger partial charge in [-0.25, -0.2) is 0 Å². The number of hydrogen-bond donors (Lipinski definition) is 1. The van der Waals surface area contributed by atoms with Crippen molar-refractivity contribution < 1.29 is 4.74 Å². The molecule has 2 rings (SSSR count). The van der Waals surface area contributed by atoms with Gasteiger partial charge in [0.05, 0.1) is 12.2 Å². The van der Waals surface area contributed by atoms with Gasteiger partial charge >= 0.3 is 0 Å². The third kappa shape index (κ3) is 2.20. The van der Waals surface area contributed by atoms with Crippen LogP contribution in [0.3, 0.4) is 0 Å². The summed E-state index contributed by atoms with van der Waals surface area (Å²) in [5.74, 6) is 3.25. The molecular weight excluding hydrogens is 206 g/mol. The van der Waals surface area contributed by atoms with Crippen LogP contribution in [0.5, 0.6) is 0 Å². The van der Waals surface area contributed by atoms with Crippen molar-refractivity contribution in [3.8, 4) is 0 Å². The summed E-state index contributed by atoms with van der Waals surface area (Å²) in [6.45, 7) is 6.55. The van der Waals surface area contributed by atoms with Crippen LogP contribution in [0.15, 0.2) is 0 Å². The standard InChI is InChI=1S/C12H23NOS/c1-3-10(4-2)11-12(5-8-15-9-12)14-7-6-13-11/h10-11,13H,3-9H2,1-2H3. The van der Waals surface area contributed by atoms with E-state index in [0.29, 0.717) is 6.04 Å². The van der Waals surface area contributed by atoms with Crippen molar-refractivity contribution in [1.29, 1.82) is 0 Å². The van der Waals surface area contributed by atoms with E-state index < -0.39 is 0 Å². The summed E-state index contributed by atoms with van der Waals surface area (Å²) in [4.78, 5) is 0. The van der Waals surface area contributed by atoms with Crippen LogP contribution < -0.4 is 5.32 Å². The molecule has 0 aromatic heterocycles. The van der Waals surface area contributed by atoms with Gasteiger partial charge in [0.15, 0.2) is 0 Å². The Morgan fingerprint density at radius 2 is 2.27 bits per heavy atom. The Morgan fingerprint density at radius 1 is 1.47 bits per heavy atom. The van der Waals surface area contributed by atoms with Gasteiger partial charge in [0, 0.05) is 18.3 Å². The SMILES string of the molecule is CCC(CC)C1NCCOC12CCSC2. The van der Waals surface area contributed by atoms with Crippen LogP contribution in [0.25, 0.3) is 0 Å². The average Bonchev–Trinajstić information content (AvgIpc) is 2.72. The van der Waals surface area contributed by atoms with Crippen LogP contribution in [-0.2, 0) is 4.74 Å². The third-order valence-electron chi connectivity index (χ3n) is 3.96. The van der Waals surface area contributed by atoms with Crippen molar-refractivity contribution in [1.82, 2.24) is 5.32 Å². The maximum Gasteiger partial charge on any atom is 0.0935 e. The quantitative estimate of drug-likeness (QED) is 0.802. The molecule has 2 aliphatic rings. The van der Waals surface area contributed by atoms with Crippen LogP contribution in [-0.4, -0.2) is 36.3 Å². The van der Waals surface area contributed by atoms with Crippen molar-refractivity contribution in [3.05, 3.63) is 0 Å². The van der Waals surface area contributed by atoms with Gasteiger partial charge in [-0.1, -0.05) is 26.7 Å². The fraction of sp³-hybridized carbons (Fsp3) is 1.00. The molecule has 3 heteroatoms. The molecule has 1 spiro atoms. The van der Waals surface area contributed by atoms with Crippen molar-refractivity contribution in [2.24, 2.45) is 5.92 Å². The molecular formula is C12H23NOS. The molecule has 2 nitrogen and oxygen atoms in total. The Hall–Kier alpha value is 0.270. The van der Waals surface area contributed by atoms with Crippen LogP contribution >= 0.6 is 11.8 Å². The van der Waals surface area contributed by atoms with E-state index in [2.05, 4.69) is 30.9 Å². The lowest BCUT2D eigenvalue weighted by Crippen LogP contribution is -2.61. The summed E-state index contributed by atoms with van der Waals surface area (Å²) in [6, 6.07) is 0.594. The lowest BCUT2D eigenvalue weighted by atomic mass is 9.80. The maximum atomic E-state index is 6.14. The Kier molecular flexibility index (Phi) is 3.97. The number of morpholine rings is 1. The number of hydrogen-bond acceptors (Lipinski definition) is 3. The molecule has 0 aliphatic carbocycles. The molecule has 0 saturated carbocycles. The second kappa shape index (κ2) is 5.07. The van der Waals surface area contributed by atoms with E-state index in [1.807, 2.05) is 0 Å². The van der Waals surface area contributed by atoms with E-state index in [4.69, 9.17) is 4.74 Å². The smallest absolute Gasteiger partial charge is 0.0935 e. The minimum absolute atomic E-state index is 0.166. The third-order valence-corrected chi connectivity index (χ3v) is 5.14. The van der Waals surface area contributed by atoms with Crippen LogP contribution in [0.2, 0.25) is 0 Å². The molecule has 15 heavy (non-hydrogen) atoms. The number of thioether (sulfide) groups is 1. The highest BCUT2D eigenvalue weighted by Crippen LogP contribution is 2.39. The molecule has 2 saturated heterocycles. The predicted molar refractivity (Wildman–Crippen MR) is 66.5 cm³/mol. The van der Waals surface area contributed by atoms with Crippen molar-refractivity contribution in [2.75, 3.05) is 24.7 Å². The van der Waals surface area contributed by atoms with E-state index >= 15 is 0 Å². The first-order valence-electron chi connectivity index (χ1n) is 6.27. The van der Waals surface area contributed by atoms with Gasteiger partial charge in [-0.2, -0.15) is 11.8 Å². The van der Waals surface area contributed by atoms with E-state index in [1.165, 1.54) is 30.8 Å². The molecule has 0 bridgehead atoms. The Labute approximate surface area is 97.5 Å². The van der Waals surface area contributed by atoms with Crippen molar-refractivity contribution in [3.63, 3.8) is 0 Å². The van der Waals surface area contributed by atoms with Gasteiger partial charge in [0.2, 0.25) is 0 Å². The summed E-state index contributed by atoms with van der Waals surface area (Å²) >= 11 is 2.06. The first-order valence-corrected chi connectivity index (χ1v) is 7.43. The summed E-state index contributed by atoms with van der Waals surface area (Å²) in [5, 5.41) is 3.72. The zero-order chi connectivity index (χ0) is 10.7. The molecule has 88 valence electrons. The van der Waals surface area contributed by atoms with E-state index in [1.54, 1.807) is 0 Å². The first-order chi connectivity index (χ1) is 7.32. The summed E-state index contributed by atoms with van der Waals surface area (Å²) < 4.78 is 6.14. The van der Waals surface area contributed by atoms with Gasteiger partial charge in [-0.05, 0) is 18.1 Å². The molecule has 0 aromatic carbocycles. The summed E-state index contributed by atoms with van der Waals surface area (Å²) in [5.41, 5.74) is 0.166. The predicted octanol–water partition coefficient (Wildman–Crippen LogP) is 2.29. The topological polar surface area (TPSA) is 21.3 Å². The molecule has 2 atom stereocenters. The summed E-state index contributed by atoms with van der Waals surface area (Å²) in [6.07, 6.45) is 3.78. The van der Waals surface area contributed by atoms with Crippen LogP contribution in [0, 0.1) is 5.92 Å². The fourth-order valence-corrected chi connectivity index (χ4v) is 4.41. The maximum absolute atomic E-state index is 6.14. The lowest BCUT2D eigenvalue weighted by Gasteiger charge is -2.45. The van der Waals surface area contributed by atoms with Gasteiger partial charge in [0.25, 0.3) is 0 Å². The molecule has 1 N–H and O–H groups in total. The first kappa shape index (κ1) is 11.7. The largest absolute Gasteiger partial charge is 0.371 e. The Bertz CT molecular complexity index is 200. The number of rotatable bonds is 3. The molecule has 0 radical (unpaired) electrons. The minimum atomic E-state index is 0.166. The highest BCUT2D eigenvalue weighted by molar-refractivity contribution is 7.99. The van der Waals surface area contributed by atoms with Crippen LogP contribution in [0.1, 0.15) is 33.1 Å². The second-order valence-electron chi connectivity index (χ2n) is 4.72. The molecule has 2 heterocycles. The van der Waals surface area contributed by atoms with Gasteiger partial charge < -0.3 is 10.1 Å². The van der Waals surface area contributed by atoms with E-state index in [-0.39, 0.29) is 5.60 Å².